The zero-order chi connectivity index (χ0) is 22.5. The van der Waals surface area contributed by atoms with Gasteiger partial charge in [0.05, 0.1) is 10.7 Å². The van der Waals surface area contributed by atoms with E-state index in [4.69, 9.17) is 17.3 Å². The lowest BCUT2D eigenvalue weighted by Crippen LogP contribution is -2.38. The molecule has 172 valence electrons. The Morgan fingerprint density at radius 3 is 2.59 bits per heavy atom. The Morgan fingerprint density at radius 2 is 1.88 bits per heavy atom. The summed E-state index contributed by atoms with van der Waals surface area (Å²) in [5.74, 6) is 1.56. The van der Waals surface area contributed by atoms with E-state index in [2.05, 4.69) is 26.7 Å². The molecule has 1 aliphatic carbocycles. The van der Waals surface area contributed by atoms with E-state index >= 15 is 0 Å². The Hall–Kier alpha value is -2.38. The third-order valence-corrected chi connectivity index (χ3v) is 6.98. The Kier molecular flexibility index (Phi) is 7.48. The molecule has 1 amide bonds. The molecule has 3 heterocycles. The molecule has 0 radical (unpaired) electrons. The van der Waals surface area contributed by atoms with Crippen molar-refractivity contribution in [2.75, 3.05) is 30.3 Å². The first-order valence-electron chi connectivity index (χ1n) is 11.6. The van der Waals surface area contributed by atoms with E-state index < -0.39 is 0 Å². The minimum atomic E-state index is 0.170. The largest absolute Gasteiger partial charge is 0.384 e. The van der Waals surface area contributed by atoms with E-state index in [1.165, 1.54) is 0 Å². The molecule has 4 N–H and O–H groups in total. The van der Waals surface area contributed by atoms with E-state index in [0.717, 1.165) is 80.8 Å². The van der Waals surface area contributed by atoms with Gasteiger partial charge >= 0.3 is 0 Å². The van der Waals surface area contributed by atoms with Gasteiger partial charge in [0.1, 0.15) is 5.82 Å². The molecule has 2 aromatic heterocycles. The highest BCUT2D eigenvalue weighted by Crippen LogP contribution is 2.31. The number of anilines is 2. The van der Waals surface area contributed by atoms with Gasteiger partial charge in [-0.2, -0.15) is 0 Å². The summed E-state index contributed by atoms with van der Waals surface area (Å²) in [6.07, 6.45) is 11.6. The van der Waals surface area contributed by atoms with Gasteiger partial charge in [-0.15, -0.1) is 0 Å². The fourth-order valence-electron chi connectivity index (χ4n) is 4.61. The molecule has 32 heavy (non-hydrogen) atoms. The maximum Gasteiger partial charge on any atom is 0.219 e. The fourth-order valence-corrected chi connectivity index (χ4v) is 4.82. The van der Waals surface area contributed by atoms with Crippen molar-refractivity contribution in [1.29, 1.82) is 0 Å². The predicted molar refractivity (Wildman–Crippen MR) is 130 cm³/mol. The maximum absolute atomic E-state index is 11.5. The van der Waals surface area contributed by atoms with Crippen LogP contribution in [-0.2, 0) is 4.79 Å². The van der Waals surface area contributed by atoms with Gasteiger partial charge < -0.3 is 21.3 Å². The summed E-state index contributed by atoms with van der Waals surface area (Å²) in [7, 11) is 0. The molecule has 2 aromatic rings. The fraction of sp³-hybridized carbons (Fsp3) is 0.542. The first kappa shape index (κ1) is 22.8. The van der Waals surface area contributed by atoms with Gasteiger partial charge in [-0.25, -0.2) is 4.98 Å². The molecule has 0 unspecified atom stereocenters. The number of likely N-dealkylation sites (tertiary alicyclic amines) is 1. The van der Waals surface area contributed by atoms with Crippen molar-refractivity contribution in [3.8, 4) is 11.1 Å². The highest BCUT2D eigenvalue weighted by atomic mass is 35.5. The normalized spacial score (nSPS) is 21.9. The van der Waals surface area contributed by atoms with E-state index in [0.29, 0.717) is 23.0 Å². The topological polar surface area (TPSA) is 96.2 Å². The number of hydrogen-bond acceptors (Lipinski definition) is 6. The van der Waals surface area contributed by atoms with Gasteiger partial charge in [0.25, 0.3) is 0 Å². The standard InChI is InChI=1S/C24H33ClN6O/c1-16(32)31-8-6-17(7-9-31)12-28-21-10-18(13-27-14-21)22-11-24(29-15-23(22)25)30-20-4-2-19(26)3-5-20/h10-11,13-15,17,19-20,28H,2-9,12,26H2,1H3,(H,29,30). The zero-order valence-electron chi connectivity index (χ0n) is 18.7. The molecule has 1 saturated heterocycles. The average Bonchev–Trinajstić information content (AvgIpc) is 2.81. The SMILES string of the molecule is CC(=O)N1CCC(CNc2cncc(-c3cc(NC4CCC(N)CC4)ncc3Cl)c2)CC1. The van der Waals surface area contributed by atoms with Crippen LogP contribution in [0.4, 0.5) is 11.5 Å². The lowest BCUT2D eigenvalue weighted by molar-refractivity contribution is -0.130. The molecule has 1 aliphatic heterocycles. The third-order valence-electron chi connectivity index (χ3n) is 6.68. The number of nitrogens with zero attached hydrogens (tertiary/aromatic N) is 3. The Labute approximate surface area is 195 Å². The minimum absolute atomic E-state index is 0.170. The summed E-state index contributed by atoms with van der Waals surface area (Å²) in [4.78, 5) is 22.3. The van der Waals surface area contributed by atoms with E-state index in [9.17, 15) is 4.79 Å². The highest BCUT2D eigenvalue weighted by Gasteiger charge is 2.21. The van der Waals surface area contributed by atoms with Gasteiger partial charge in [-0.05, 0) is 56.6 Å². The second-order valence-electron chi connectivity index (χ2n) is 9.10. The van der Waals surface area contributed by atoms with Crippen LogP contribution >= 0.6 is 11.6 Å². The number of amides is 1. The molecular formula is C24H33ClN6O. The number of carbonyl (C=O) groups excluding carboxylic acids is 1. The summed E-state index contributed by atoms with van der Waals surface area (Å²) in [5.41, 5.74) is 8.88. The number of nitrogens with one attached hydrogen (secondary N) is 2. The van der Waals surface area contributed by atoms with Crippen LogP contribution in [0.1, 0.15) is 45.4 Å². The number of hydrogen-bond donors (Lipinski definition) is 3. The summed E-state index contributed by atoms with van der Waals surface area (Å²) in [5, 5.41) is 7.67. The predicted octanol–water partition coefficient (Wildman–Crippen LogP) is 4.15. The van der Waals surface area contributed by atoms with Crippen LogP contribution in [0.25, 0.3) is 11.1 Å². The summed E-state index contributed by atoms with van der Waals surface area (Å²) >= 11 is 6.50. The van der Waals surface area contributed by atoms with Crippen LogP contribution in [-0.4, -0.2) is 52.5 Å². The Balaban J connectivity index is 1.38. The second kappa shape index (κ2) is 10.5. The first-order chi connectivity index (χ1) is 15.5. The van der Waals surface area contributed by atoms with Crippen LogP contribution in [0.15, 0.2) is 30.7 Å². The maximum atomic E-state index is 11.5. The molecule has 7 nitrogen and oxygen atoms in total. The zero-order valence-corrected chi connectivity index (χ0v) is 19.4. The Bertz CT molecular complexity index is 922. The van der Waals surface area contributed by atoms with Gasteiger partial charge in [0.2, 0.25) is 5.91 Å². The van der Waals surface area contributed by atoms with E-state index in [1.807, 2.05) is 23.4 Å². The second-order valence-corrected chi connectivity index (χ2v) is 9.51. The molecule has 8 heteroatoms. The number of nitrogens with two attached hydrogens (primary N) is 1. The van der Waals surface area contributed by atoms with Crippen LogP contribution in [0.3, 0.4) is 0 Å². The van der Waals surface area contributed by atoms with Crippen molar-refractivity contribution >= 4 is 29.0 Å². The number of rotatable bonds is 6. The summed E-state index contributed by atoms with van der Waals surface area (Å²) in [6, 6.07) is 4.82. The summed E-state index contributed by atoms with van der Waals surface area (Å²) in [6.45, 7) is 4.20. The van der Waals surface area contributed by atoms with Crippen LogP contribution in [0.2, 0.25) is 5.02 Å². The third kappa shape index (κ3) is 5.90. The average molecular weight is 457 g/mol. The molecule has 1 saturated carbocycles. The summed E-state index contributed by atoms with van der Waals surface area (Å²) < 4.78 is 0. The minimum Gasteiger partial charge on any atom is -0.384 e. The lowest BCUT2D eigenvalue weighted by atomic mass is 9.92. The molecule has 0 atom stereocenters. The Morgan fingerprint density at radius 1 is 1.12 bits per heavy atom. The molecule has 4 rings (SSSR count). The van der Waals surface area contributed by atoms with Gasteiger partial charge in [0.15, 0.2) is 0 Å². The molecular weight excluding hydrogens is 424 g/mol. The molecule has 0 aromatic carbocycles. The molecule has 2 aliphatic rings. The number of piperidine rings is 1. The van der Waals surface area contributed by atoms with Crippen molar-refractivity contribution in [3.63, 3.8) is 0 Å². The van der Waals surface area contributed by atoms with Crippen molar-refractivity contribution < 1.29 is 4.79 Å². The van der Waals surface area contributed by atoms with Crippen molar-refractivity contribution in [1.82, 2.24) is 14.9 Å². The number of pyridine rings is 2. The van der Waals surface area contributed by atoms with Crippen LogP contribution in [0.5, 0.6) is 0 Å². The molecule has 0 bridgehead atoms. The number of aromatic nitrogens is 2. The van der Waals surface area contributed by atoms with Gasteiger partial charge in [-0.1, -0.05) is 11.6 Å². The smallest absolute Gasteiger partial charge is 0.219 e. The molecule has 2 fully saturated rings. The van der Waals surface area contributed by atoms with Gasteiger partial charge in [0, 0.05) is 68.4 Å². The number of halogens is 1. The first-order valence-corrected chi connectivity index (χ1v) is 12.0. The monoisotopic (exact) mass is 456 g/mol. The van der Waals surface area contributed by atoms with Crippen molar-refractivity contribution in [2.45, 2.75) is 57.5 Å². The quantitative estimate of drug-likeness (QED) is 0.604. The van der Waals surface area contributed by atoms with Crippen molar-refractivity contribution in [2.24, 2.45) is 11.7 Å². The van der Waals surface area contributed by atoms with E-state index in [1.54, 1.807) is 13.1 Å². The van der Waals surface area contributed by atoms with Crippen LogP contribution < -0.4 is 16.4 Å². The lowest BCUT2D eigenvalue weighted by Gasteiger charge is -2.31. The van der Waals surface area contributed by atoms with Gasteiger partial charge in [-0.3, -0.25) is 9.78 Å². The van der Waals surface area contributed by atoms with Crippen molar-refractivity contribution in [3.05, 3.63) is 35.7 Å². The molecule has 0 spiro atoms. The van der Waals surface area contributed by atoms with E-state index in [-0.39, 0.29) is 5.91 Å². The van der Waals surface area contributed by atoms with Crippen LogP contribution in [0, 0.1) is 5.92 Å². The highest BCUT2D eigenvalue weighted by molar-refractivity contribution is 6.33. The number of carbonyl (C=O) groups is 1.